The number of aryl methyl sites for hydroxylation is 1. The molecule has 1 aromatic heterocycles. The number of pyridine rings is 1. The third-order valence-corrected chi connectivity index (χ3v) is 2.60. The van der Waals surface area contributed by atoms with Crippen LogP contribution in [0, 0.1) is 6.92 Å². The van der Waals surface area contributed by atoms with Gasteiger partial charge in [-0.25, -0.2) is 4.98 Å². The molecule has 0 aliphatic heterocycles. The van der Waals surface area contributed by atoms with Crippen LogP contribution < -0.4 is 0 Å². The average Bonchev–Trinajstić information content (AvgIpc) is 2.14. The lowest BCUT2D eigenvalue weighted by molar-refractivity contribution is 0.113. The summed E-state index contributed by atoms with van der Waals surface area (Å²) in [6.07, 6.45) is 1.08. The Balaban J connectivity index is 2.45. The van der Waals surface area contributed by atoms with Crippen LogP contribution in [0.4, 0.5) is 0 Å². The lowest BCUT2D eigenvalue weighted by atomic mass is 10.3. The topological polar surface area (TPSA) is 53.4 Å². The minimum atomic E-state index is -0.660. The van der Waals surface area contributed by atoms with E-state index >= 15 is 0 Å². The number of aliphatic hydroxyl groups is 2. The first-order valence-electron chi connectivity index (χ1n) is 4.06. The van der Waals surface area contributed by atoms with Crippen LogP contribution in [-0.4, -0.2) is 33.7 Å². The number of hydrogen-bond donors (Lipinski definition) is 2. The van der Waals surface area contributed by atoms with Crippen LogP contribution >= 0.6 is 11.8 Å². The Bertz CT molecular complexity index is 268. The maximum Gasteiger partial charge on any atom is 0.0963 e. The van der Waals surface area contributed by atoms with Crippen molar-refractivity contribution in [3.63, 3.8) is 0 Å². The van der Waals surface area contributed by atoms with Crippen LogP contribution in [0.2, 0.25) is 0 Å². The summed E-state index contributed by atoms with van der Waals surface area (Å²) in [7, 11) is 0. The predicted octanol–water partition coefficient (Wildman–Crippen LogP) is 0.835. The molecule has 1 atom stereocenters. The summed E-state index contributed by atoms with van der Waals surface area (Å²) in [6.45, 7) is 1.80. The summed E-state index contributed by atoms with van der Waals surface area (Å²) in [5.41, 5.74) is 1.15. The van der Waals surface area contributed by atoms with Crippen molar-refractivity contribution < 1.29 is 10.2 Å². The van der Waals surface area contributed by atoms with Crippen molar-refractivity contribution in [2.45, 2.75) is 18.1 Å². The molecule has 0 saturated carbocycles. The van der Waals surface area contributed by atoms with Crippen molar-refractivity contribution in [2.24, 2.45) is 0 Å². The van der Waals surface area contributed by atoms with Crippen molar-refractivity contribution in [1.29, 1.82) is 0 Å². The van der Waals surface area contributed by atoms with Gasteiger partial charge in [0.1, 0.15) is 0 Å². The minimum absolute atomic E-state index is 0.196. The standard InChI is InChI=1S/C9H13NO2S/c1-7-2-3-10-9(4-7)13-6-8(12)5-11/h2-4,8,11-12H,5-6H2,1H3. The van der Waals surface area contributed by atoms with E-state index in [-0.39, 0.29) is 6.61 Å². The molecule has 0 aromatic carbocycles. The highest BCUT2D eigenvalue weighted by Gasteiger charge is 2.03. The Morgan fingerprint density at radius 3 is 3.00 bits per heavy atom. The fraction of sp³-hybridized carbons (Fsp3) is 0.444. The van der Waals surface area contributed by atoms with Gasteiger partial charge >= 0.3 is 0 Å². The number of aromatic nitrogens is 1. The van der Waals surface area contributed by atoms with Gasteiger partial charge in [-0.15, -0.1) is 11.8 Å². The zero-order chi connectivity index (χ0) is 9.68. The van der Waals surface area contributed by atoms with E-state index in [1.165, 1.54) is 11.8 Å². The van der Waals surface area contributed by atoms with Gasteiger partial charge < -0.3 is 10.2 Å². The van der Waals surface area contributed by atoms with E-state index < -0.39 is 6.10 Å². The molecule has 1 heterocycles. The molecule has 0 bridgehead atoms. The van der Waals surface area contributed by atoms with Crippen molar-refractivity contribution in [3.05, 3.63) is 23.9 Å². The first-order chi connectivity index (χ1) is 6.22. The summed E-state index contributed by atoms with van der Waals surface area (Å²) in [5, 5.41) is 18.6. The van der Waals surface area contributed by atoms with Crippen LogP contribution in [0.25, 0.3) is 0 Å². The van der Waals surface area contributed by atoms with Gasteiger partial charge in [-0.1, -0.05) is 0 Å². The maximum atomic E-state index is 9.09. The Labute approximate surface area is 81.8 Å². The van der Waals surface area contributed by atoms with E-state index in [1.807, 2.05) is 19.1 Å². The molecule has 3 nitrogen and oxygen atoms in total. The Morgan fingerprint density at radius 2 is 2.38 bits per heavy atom. The molecule has 0 radical (unpaired) electrons. The molecule has 1 rings (SSSR count). The van der Waals surface area contributed by atoms with E-state index in [9.17, 15) is 0 Å². The van der Waals surface area contributed by atoms with Crippen LogP contribution in [0.1, 0.15) is 5.56 Å². The minimum Gasteiger partial charge on any atom is -0.394 e. The summed E-state index contributed by atoms with van der Waals surface area (Å²) < 4.78 is 0. The number of aliphatic hydroxyl groups excluding tert-OH is 2. The smallest absolute Gasteiger partial charge is 0.0963 e. The van der Waals surface area contributed by atoms with Gasteiger partial charge in [0.25, 0.3) is 0 Å². The molecule has 0 spiro atoms. The Kier molecular flexibility index (Phi) is 4.21. The van der Waals surface area contributed by atoms with Gasteiger partial charge in [0.05, 0.1) is 17.7 Å². The second-order valence-electron chi connectivity index (χ2n) is 2.82. The van der Waals surface area contributed by atoms with E-state index in [2.05, 4.69) is 4.98 Å². The van der Waals surface area contributed by atoms with Crippen molar-refractivity contribution in [1.82, 2.24) is 4.98 Å². The van der Waals surface area contributed by atoms with Crippen LogP contribution in [0.15, 0.2) is 23.4 Å². The Morgan fingerprint density at radius 1 is 1.62 bits per heavy atom. The highest BCUT2D eigenvalue weighted by atomic mass is 32.2. The largest absolute Gasteiger partial charge is 0.394 e. The molecule has 0 aliphatic rings. The molecule has 0 aliphatic carbocycles. The van der Waals surface area contributed by atoms with Gasteiger partial charge in [0, 0.05) is 11.9 Å². The number of nitrogens with zero attached hydrogens (tertiary/aromatic N) is 1. The normalized spacial score (nSPS) is 12.8. The van der Waals surface area contributed by atoms with Crippen LogP contribution in [0.3, 0.4) is 0 Å². The predicted molar refractivity (Wildman–Crippen MR) is 52.8 cm³/mol. The average molecular weight is 199 g/mol. The fourth-order valence-corrected chi connectivity index (χ4v) is 1.69. The van der Waals surface area contributed by atoms with Crippen molar-refractivity contribution >= 4 is 11.8 Å². The molecule has 13 heavy (non-hydrogen) atoms. The highest BCUT2D eigenvalue weighted by molar-refractivity contribution is 7.99. The highest BCUT2D eigenvalue weighted by Crippen LogP contribution is 2.16. The summed E-state index contributed by atoms with van der Waals surface area (Å²) in [5.74, 6) is 0.479. The fourth-order valence-electron chi connectivity index (χ4n) is 0.822. The van der Waals surface area contributed by atoms with Crippen LogP contribution in [-0.2, 0) is 0 Å². The third kappa shape index (κ3) is 3.76. The van der Waals surface area contributed by atoms with Crippen molar-refractivity contribution in [3.8, 4) is 0 Å². The quantitative estimate of drug-likeness (QED) is 0.705. The van der Waals surface area contributed by atoms with E-state index in [0.29, 0.717) is 5.75 Å². The van der Waals surface area contributed by atoms with E-state index in [0.717, 1.165) is 10.6 Å². The van der Waals surface area contributed by atoms with Gasteiger partial charge in [-0.2, -0.15) is 0 Å². The van der Waals surface area contributed by atoms with Gasteiger partial charge in [0.15, 0.2) is 0 Å². The molecule has 1 unspecified atom stereocenters. The first kappa shape index (κ1) is 10.5. The zero-order valence-corrected chi connectivity index (χ0v) is 8.29. The summed E-state index contributed by atoms with van der Waals surface area (Å²) >= 11 is 1.45. The molecular formula is C9H13NO2S. The molecule has 0 amide bonds. The lowest BCUT2D eigenvalue weighted by Crippen LogP contribution is -2.14. The third-order valence-electron chi connectivity index (χ3n) is 1.52. The first-order valence-corrected chi connectivity index (χ1v) is 5.05. The van der Waals surface area contributed by atoms with E-state index in [1.54, 1.807) is 6.20 Å². The van der Waals surface area contributed by atoms with Gasteiger partial charge in [-0.05, 0) is 24.6 Å². The van der Waals surface area contributed by atoms with Crippen LogP contribution in [0.5, 0.6) is 0 Å². The SMILES string of the molecule is Cc1ccnc(SCC(O)CO)c1. The number of hydrogen-bond acceptors (Lipinski definition) is 4. The molecule has 1 aromatic rings. The Hall–Kier alpha value is -0.580. The second kappa shape index (κ2) is 5.21. The number of rotatable bonds is 4. The molecule has 0 saturated heterocycles. The van der Waals surface area contributed by atoms with Gasteiger partial charge in [-0.3, -0.25) is 0 Å². The van der Waals surface area contributed by atoms with Crippen molar-refractivity contribution in [2.75, 3.05) is 12.4 Å². The molecule has 72 valence electrons. The second-order valence-corrected chi connectivity index (χ2v) is 3.86. The zero-order valence-electron chi connectivity index (χ0n) is 7.47. The van der Waals surface area contributed by atoms with E-state index in [4.69, 9.17) is 10.2 Å². The maximum absolute atomic E-state index is 9.09. The van der Waals surface area contributed by atoms with Gasteiger partial charge in [0.2, 0.25) is 0 Å². The molecule has 4 heteroatoms. The summed E-state index contributed by atoms with van der Waals surface area (Å²) in [6, 6.07) is 3.88. The molecule has 2 N–H and O–H groups in total. The molecular weight excluding hydrogens is 186 g/mol. The monoisotopic (exact) mass is 199 g/mol. The molecule has 0 fully saturated rings. The summed E-state index contributed by atoms with van der Waals surface area (Å²) in [4.78, 5) is 4.12. The lowest BCUT2D eigenvalue weighted by Gasteiger charge is -2.05. The number of thioether (sulfide) groups is 1.